The van der Waals surface area contributed by atoms with Crippen LogP contribution in [0.4, 0.5) is 0 Å². The van der Waals surface area contributed by atoms with Crippen LogP contribution in [0.3, 0.4) is 0 Å². The fraction of sp³-hybridized carbons (Fsp3) is 0.500. The lowest BCUT2D eigenvalue weighted by Gasteiger charge is -2.26. The van der Waals surface area contributed by atoms with E-state index >= 15 is 0 Å². The molecule has 1 aliphatic rings. The molecule has 114 valence electrons. The van der Waals surface area contributed by atoms with Crippen molar-refractivity contribution in [3.8, 4) is 0 Å². The molecule has 0 spiro atoms. The molecule has 2 rings (SSSR count). The number of carbonyl (C=O) groups is 1. The summed E-state index contributed by atoms with van der Waals surface area (Å²) in [5.41, 5.74) is 0.683. The molecule has 0 aromatic heterocycles. The first-order valence-corrected chi connectivity index (χ1v) is 7.59. The highest BCUT2D eigenvalue weighted by Gasteiger charge is 2.14. The summed E-state index contributed by atoms with van der Waals surface area (Å²) < 4.78 is 0. The highest BCUT2D eigenvalue weighted by Crippen LogP contribution is 2.08. The van der Waals surface area contributed by atoms with E-state index in [2.05, 4.69) is 15.4 Å². The highest BCUT2D eigenvalue weighted by atomic mass is 16.4. The molecule has 0 atom stereocenters. The van der Waals surface area contributed by atoms with E-state index in [-0.39, 0.29) is 11.6 Å². The maximum atomic E-state index is 12.0. The summed E-state index contributed by atoms with van der Waals surface area (Å²) in [6.45, 7) is 3.95. The van der Waals surface area contributed by atoms with Crippen molar-refractivity contribution in [2.75, 3.05) is 26.2 Å². The van der Waals surface area contributed by atoms with Crippen LogP contribution in [-0.2, 0) is 4.79 Å². The lowest BCUT2D eigenvalue weighted by atomic mass is 10.1. The van der Waals surface area contributed by atoms with Crippen molar-refractivity contribution >= 4 is 11.6 Å². The molecule has 0 radical (unpaired) electrons. The van der Waals surface area contributed by atoms with Crippen molar-refractivity contribution in [1.82, 2.24) is 10.2 Å². The number of likely N-dealkylation sites (tertiary alicyclic amines) is 1. The van der Waals surface area contributed by atoms with E-state index in [1.807, 2.05) is 18.2 Å². The smallest absolute Gasteiger partial charge is 0.273 e. The molecule has 5 heteroatoms. The summed E-state index contributed by atoms with van der Waals surface area (Å²) in [6, 6.07) is 8.98. The van der Waals surface area contributed by atoms with Crippen molar-refractivity contribution in [1.29, 1.82) is 0 Å². The quantitative estimate of drug-likeness (QED) is 0.363. The molecule has 0 bridgehead atoms. The van der Waals surface area contributed by atoms with E-state index in [1.165, 1.54) is 32.4 Å². The Labute approximate surface area is 125 Å². The number of nitrogens with zero attached hydrogens (tertiary/aromatic N) is 2. The van der Waals surface area contributed by atoms with E-state index < -0.39 is 0 Å². The zero-order valence-corrected chi connectivity index (χ0v) is 12.3. The Balaban J connectivity index is 1.73. The molecule has 0 unspecified atom stereocenters. The summed E-state index contributed by atoms with van der Waals surface area (Å²) in [6.07, 6.45) is 4.81. The van der Waals surface area contributed by atoms with Gasteiger partial charge < -0.3 is 15.4 Å². The third kappa shape index (κ3) is 4.86. The lowest BCUT2D eigenvalue weighted by molar-refractivity contribution is -0.114. The van der Waals surface area contributed by atoms with Crippen LogP contribution in [0.1, 0.15) is 31.2 Å². The lowest BCUT2D eigenvalue weighted by Crippen LogP contribution is -2.35. The van der Waals surface area contributed by atoms with Crippen LogP contribution in [-0.4, -0.2) is 47.9 Å². The number of rotatable bonds is 6. The monoisotopic (exact) mass is 289 g/mol. The second kappa shape index (κ2) is 8.42. The molecule has 1 saturated heterocycles. The number of amides is 1. The molecule has 1 aromatic carbocycles. The Hall–Kier alpha value is -1.88. The first kappa shape index (κ1) is 15.5. The number of carbonyl (C=O) groups excluding carboxylic acids is 1. The molecule has 1 aromatic rings. The van der Waals surface area contributed by atoms with E-state index in [9.17, 15) is 4.79 Å². The zero-order chi connectivity index (χ0) is 14.9. The third-order valence-corrected chi connectivity index (χ3v) is 3.75. The number of hydrogen-bond donors (Lipinski definition) is 2. The summed E-state index contributed by atoms with van der Waals surface area (Å²) in [4.78, 5) is 14.4. The van der Waals surface area contributed by atoms with Gasteiger partial charge in [0.2, 0.25) is 0 Å². The van der Waals surface area contributed by atoms with Crippen molar-refractivity contribution in [2.24, 2.45) is 5.16 Å². The average Bonchev–Trinajstić information content (AvgIpc) is 2.54. The Morgan fingerprint density at radius 2 is 1.90 bits per heavy atom. The first-order chi connectivity index (χ1) is 10.3. The minimum absolute atomic E-state index is 0.0635. The topological polar surface area (TPSA) is 64.9 Å². The Kier molecular flexibility index (Phi) is 6.22. The summed E-state index contributed by atoms with van der Waals surface area (Å²) in [5.74, 6) is -0.331. The van der Waals surface area contributed by atoms with Gasteiger partial charge in [-0.1, -0.05) is 41.9 Å². The summed E-state index contributed by atoms with van der Waals surface area (Å²) in [7, 11) is 0. The summed E-state index contributed by atoms with van der Waals surface area (Å²) >= 11 is 0. The third-order valence-electron chi connectivity index (χ3n) is 3.75. The van der Waals surface area contributed by atoms with Crippen LogP contribution in [0, 0.1) is 0 Å². The van der Waals surface area contributed by atoms with Crippen LogP contribution in [0.5, 0.6) is 0 Å². The average molecular weight is 289 g/mol. The van der Waals surface area contributed by atoms with E-state index in [4.69, 9.17) is 5.21 Å². The number of oxime groups is 1. The predicted octanol–water partition coefficient (Wildman–Crippen LogP) is 1.86. The van der Waals surface area contributed by atoms with Gasteiger partial charge in [0, 0.05) is 12.1 Å². The summed E-state index contributed by atoms with van der Waals surface area (Å²) in [5, 5.41) is 15.0. The molecular formula is C16H23N3O2. The van der Waals surface area contributed by atoms with Gasteiger partial charge in [0.25, 0.3) is 5.91 Å². The van der Waals surface area contributed by atoms with Crippen molar-refractivity contribution in [3.63, 3.8) is 0 Å². The van der Waals surface area contributed by atoms with Gasteiger partial charge in [0.15, 0.2) is 5.71 Å². The Bertz CT molecular complexity index is 468. The predicted molar refractivity (Wildman–Crippen MR) is 82.7 cm³/mol. The highest BCUT2D eigenvalue weighted by molar-refractivity contribution is 6.45. The van der Waals surface area contributed by atoms with Crippen LogP contribution in [0.15, 0.2) is 35.5 Å². The fourth-order valence-electron chi connectivity index (χ4n) is 2.60. The second-order valence-electron chi connectivity index (χ2n) is 5.33. The van der Waals surface area contributed by atoms with E-state index in [0.717, 1.165) is 13.0 Å². The van der Waals surface area contributed by atoms with Gasteiger partial charge in [0.05, 0.1) is 0 Å². The maximum Gasteiger partial charge on any atom is 0.273 e. The van der Waals surface area contributed by atoms with Crippen LogP contribution >= 0.6 is 0 Å². The number of benzene rings is 1. The molecule has 21 heavy (non-hydrogen) atoms. The molecular weight excluding hydrogens is 266 g/mol. The van der Waals surface area contributed by atoms with Gasteiger partial charge in [-0.15, -0.1) is 0 Å². The zero-order valence-electron chi connectivity index (χ0n) is 12.3. The van der Waals surface area contributed by atoms with Gasteiger partial charge in [-0.2, -0.15) is 0 Å². The van der Waals surface area contributed by atoms with Crippen molar-refractivity contribution in [2.45, 2.75) is 25.7 Å². The van der Waals surface area contributed by atoms with Gasteiger partial charge in [-0.3, -0.25) is 4.79 Å². The van der Waals surface area contributed by atoms with Gasteiger partial charge >= 0.3 is 0 Å². The molecule has 5 nitrogen and oxygen atoms in total. The molecule has 1 heterocycles. The molecule has 0 aliphatic carbocycles. The largest absolute Gasteiger partial charge is 0.410 e. The van der Waals surface area contributed by atoms with Crippen molar-refractivity contribution in [3.05, 3.63) is 35.9 Å². The molecule has 2 N–H and O–H groups in total. The van der Waals surface area contributed by atoms with Crippen molar-refractivity contribution < 1.29 is 10.0 Å². The maximum absolute atomic E-state index is 12.0. The number of hydrogen-bond acceptors (Lipinski definition) is 4. The standard InChI is InChI=1S/C16H23N3O2/c20-16(15(18-21)14-8-3-1-4-9-14)17-10-7-13-19-11-5-2-6-12-19/h1,3-4,8-9,21H,2,5-7,10-13H2,(H,17,20)/b18-15-. The van der Waals surface area contributed by atoms with Gasteiger partial charge in [0.1, 0.15) is 0 Å². The number of piperidine rings is 1. The first-order valence-electron chi connectivity index (χ1n) is 7.59. The number of nitrogens with one attached hydrogen (secondary N) is 1. The van der Waals surface area contributed by atoms with Crippen LogP contribution < -0.4 is 5.32 Å². The van der Waals surface area contributed by atoms with Crippen LogP contribution in [0.2, 0.25) is 0 Å². The van der Waals surface area contributed by atoms with Crippen LogP contribution in [0.25, 0.3) is 0 Å². The Morgan fingerprint density at radius 3 is 2.57 bits per heavy atom. The second-order valence-corrected chi connectivity index (χ2v) is 5.33. The molecule has 1 fully saturated rings. The SMILES string of the molecule is O=C(NCCCN1CCCCC1)/C(=N\O)c1ccccc1. The normalized spacial score (nSPS) is 16.7. The fourth-order valence-corrected chi connectivity index (χ4v) is 2.60. The minimum atomic E-state index is -0.331. The molecule has 0 saturated carbocycles. The molecule has 1 amide bonds. The van der Waals surface area contributed by atoms with Gasteiger partial charge in [-0.05, 0) is 38.9 Å². The Morgan fingerprint density at radius 1 is 1.19 bits per heavy atom. The van der Waals surface area contributed by atoms with E-state index in [0.29, 0.717) is 12.1 Å². The minimum Gasteiger partial charge on any atom is -0.410 e. The van der Waals surface area contributed by atoms with Gasteiger partial charge in [-0.25, -0.2) is 0 Å². The van der Waals surface area contributed by atoms with E-state index in [1.54, 1.807) is 12.1 Å². The molecule has 1 aliphatic heterocycles.